The van der Waals surface area contributed by atoms with Gasteiger partial charge in [-0.3, -0.25) is 14.9 Å². The van der Waals surface area contributed by atoms with E-state index in [1.165, 1.54) is 37.6 Å². The van der Waals surface area contributed by atoms with E-state index in [4.69, 9.17) is 0 Å². The van der Waals surface area contributed by atoms with Crippen LogP contribution in [0.3, 0.4) is 0 Å². The molecule has 8 heteroatoms. The van der Waals surface area contributed by atoms with Crippen molar-refractivity contribution in [2.24, 2.45) is 27.3 Å². The highest BCUT2D eigenvalue weighted by atomic mass is 79.9. The van der Waals surface area contributed by atoms with E-state index in [0.29, 0.717) is 5.92 Å². The summed E-state index contributed by atoms with van der Waals surface area (Å²) in [6.07, 6.45) is 7.54. The fourth-order valence-electron chi connectivity index (χ4n) is 6.79. The molecule has 7 nitrogen and oxygen atoms in total. The number of amides is 1. The van der Waals surface area contributed by atoms with Gasteiger partial charge in [0.05, 0.1) is 21.0 Å². The number of benzene rings is 1. The van der Waals surface area contributed by atoms with Crippen molar-refractivity contribution < 1.29 is 14.8 Å². The molecule has 1 amide bonds. The SMILES string of the molecule is CC12CC3CC(C)(C1)CC(C(=O)NN=Cc1cc([N+](=O)[O-])cc(Br)c1O)(C3)C2. The van der Waals surface area contributed by atoms with E-state index < -0.39 is 4.92 Å². The van der Waals surface area contributed by atoms with Crippen molar-refractivity contribution in [3.63, 3.8) is 0 Å². The zero-order valence-electron chi connectivity index (χ0n) is 16.0. The van der Waals surface area contributed by atoms with Crippen LogP contribution < -0.4 is 5.43 Å². The van der Waals surface area contributed by atoms with Crippen LogP contribution in [0.1, 0.15) is 57.9 Å². The maximum absolute atomic E-state index is 13.1. The second-order valence-corrected chi connectivity index (χ2v) is 10.6. The Labute approximate surface area is 171 Å². The average molecular weight is 450 g/mol. The highest BCUT2D eigenvalue weighted by Crippen LogP contribution is 2.69. The fourth-order valence-corrected chi connectivity index (χ4v) is 7.25. The van der Waals surface area contributed by atoms with Crippen LogP contribution in [-0.4, -0.2) is 22.2 Å². The first-order valence-electron chi connectivity index (χ1n) is 9.54. The molecule has 0 saturated heterocycles. The molecule has 2 N–H and O–H groups in total. The summed E-state index contributed by atoms with van der Waals surface area (Å²) in [4.78, 5) is 23.6. The first-order valence-corrected chi connectivity index (χ1v) is 10.3. The summed E-state index contributed by atoms with van der Waals surface area (Å²) in [6.45, 7) is 4.61. The van der Waals surface area contributed by atoms with Gasteiger partial charge in [-0.1, -0.05) is 13.8 Å². The highest BCUT2D eigenvalue weighted by Gasteiger charge is 2.62. The number of hydrogen-bond donors (Lipinski definition) is 2. The second kappa shape index (κ2) is 6.27. The number of nitrogens with one attached hydrogen (secondary N) is 1. The lowest BCUT2D eigenvalue weighted by Crippen LogP contribution is -2.59. The number of nitrogens with zero attached hydrogens (tertiary/aromatic N) is 2. The minimum atomic E-state index is -0.545. The number of carbonyl (C=O) groups is 1. The third-order valence-corrected chi connectivity index (χ3v) is 7.37. The van der Waals surface area contributed by atoms with Crippen LogP contribution in [0.15, 0.2) is 21.7 Å². The van der Waals surface area contributed by atoms with E-state index in [2.05, 4.69) is 40.3 Å². The Morgan fingerprint density at radius 2 is 1.93 bits per heavy atom. The van der Waals surface area contributed by atoms with E-state index in [9.17, 15) is 20.0 Å². The summed E-state index contributed by atoms with van der Waals surface area (Å²) in [6, 6.07) is 2.45. The Bertz CT molecular complexity index is 882. The van der Waals surface area contributed by atoms with Crippen molar-refractivity contribution in [3.05, 3.63) is 32.3 Å². The molecule has 150 valence electrons. The molecule has 4 fully saturated rings. The van der Waals surface area contributed by atoms with Gasteiger partial charge in [0.25, 0.3) is 5.69 Å². The Kier molecular flexibility index (Phi) is 4.34. The standard InChI is InChI=1S/C20H24BrN3O4/c1-18-5-12-6-19(2,9-18)11-20(7-12,10-18)17(26)23-22-8-13-3-14(24(27)28)4-15(21)16(13)25/h3-4,8,12,25H,5-7,9-11H2,1-2H3,(H,23,26). The van der Waals surface area contributed by atoms with Gasteiger partial charge in [0.15, 0.2) is 0 Å². The molecule has 0 spiro atoms. The Morgan fingerprint density at radius 1 is 1.29 bits per heavy atom. The molecule has 4 bridgehead atoms. The van der Waals surface area contributed by atoms with Gasteiger partial charge in [0.2, 0.25) is 5.91 Å². The number of carbonyl (C=O) groups excluding carboxylic acids is 1. The van der Waals surface area contributed by atoms with Crippen molar-refractivity contribution in [3.8, 4) is 5.75 Å². The van der Waals surface area contributed by atoms with Gasteiger partial charge in [0.1, 0.15) is 5.75 Å². The highest BCUT2D eigenvalue weighted by molar-refractivity contribution is 9.10. The van der Waals surface area contributed by atoms with Gasteiger partial charge in [0, 0.05) is 17.7 Å². The number of hydrazone groups is 1. The molecule has 2 atom stereocenters. The molecule has 4 aliphatic rings. The van der Waals surface area contributed by atoms with Gasteiger partial charge in [-0.2, -0.15) is 5.10 Å². The summed E-state index contributed by atoms with van der Waals surface area (Å²) in [5, 5.41) is 25.1. The predicted molar refractivity (Wildman–Crippen MR) is 108 cm³/mol. The molecule has 5 rings (SSSR count). The Morgan fingerprint density at radius 3 is 2.50 bits per heavy atom. The van der Waals surface area contributed by atoms with Crippen LogP contribution in [0.2, 0.25) is 0 Å². The number of nitro groups is 1. The molecule has 1 aromatic rings. The molecule has 1 aromatic carbocycles. The molecular weight excluding hydrogens is 426 g/mol. The number of rotatable bonds is 4. The van der Waals surface area contributed by atoms with Gasteiger partial charge < -0.3 is 5.11 Å². The predicted octanol–water partition coefficient (Wildman–Crippen LogP) is 4.51. The first kappa shape index (κ1) is 19.4. The molecule has 0 aromatic heterocycles. The number of aromatic hydroxyl groups is 1. The summed E-state index contributed by atoms with van der Waals surface area (Å²) in [5.74, 6) is 0.366. The van der Waals surface area contributed by atoms with Crippen LogP contribution >= 0.6 is 15.9 Å². The van der Waals surface area contributed by atoms with Gasteiger partial charge in [-0.15, -0.1) is 0 Å². The maximum atomic E-state index is 13.1. The third-order valence-electron chi connectivity index (χ3n) is 6.77. The second-order valence-electron chi connectivity index (χ2n) is 9.73. The summed E-state index contributed by atoms with van der Waals surface area (Å²) >= 11 is 3.10. The number of nitro benzene ring substituents is 1. The number of halogens is 1. The number of phenolic OH excluding ortho intramolecular Hbond substituents is 1. The average Bonchev–Trinajstić information content (AvgIpc) is 2.54. The van der Waals surface area contributed by atoms with Crippen LogP contribution in [0.5, 0.6) is 5.75 Å². The van der Waals surface area contributed by atoms with E-state index in [-0.39, 0.29) is 43.6 Å². The minimum Gasteiger partial charge on any atom is -0.506 e. The lowest BCUT2D eigenvalue weighted by Gasteiger charge is -2.64. The van der Waals surface area contributed by atoms with Crippen LogP contribution in [-0.2, 0) is 4.79 Å². The molecule has 4 saturated carbocycles. The zero-order chi connectivity index (χ0) is 20.3. The van der Waals surface area contributed by atoms with E-state index in [1.807, 2.05) is 0 Å². The van der Waals surface area contributed by atoms with Crippen LogP contribution in [0, 0.1) is 32.3 Å². The quantitative estimate of drug-likeness (QED) is 0.400. The van der Waals surface area contributed by atoms with Crippen LogP contribution in [0.4, 0.5) is 5.69 Å². The molecule has 4 aliphatic carbocycles. The van der Waals surface area contributed by atoms with Crippen molar-refractivity contribution in [1.82, 2.24) is 5.43 Å². The Hall–Kier alpha value is -1.96. The zero-order valence-corrected chi connectivity index (χ0v) is 17.6. The molecule has 0 aliphatic heterocycles. The van der Waals surface area contributed by atoms with Crippen molar-refractivity contribution in [2.45, 2.75) is 52.4 Å². The lowest BCUT2D eigenvalue weighted by molar-refractivity contribution is -0.385. The third kappa shape index (κ3) is 3.21. The summed E-state index contributed by atoms with van der Waals surface area (Å²) in [7, 11) is 0. The maximum Gasteiger partial charge on any atom is 0.271 e. The monoisotopic (exact) mass is 449 g/mol. The van der Waals surface area contributed by atoms with E-state index in [0.717, 1.165) is 19.3 Å². The van der Waals surface area contributed by atoms with Gasteiger partial charge in [-0.05, 0) is 71.2 Å². The molecule has 2 unspecified atom stereocenters. The normalized spacial score (nSPS) is 36.0. The number of non-ortho nitro benzene ring substituents is 1. The van der Waals surface area contributed by atoms with Crippen molar-refractivity contribution in [1.29, 1.82) is 0 Å². The fraction of sp³-hybridized carbons (Fsp3) is 0.600. The van der Waals surface area contributed by atoms with Gasteiger partial charge in [-0.25, -0.2) is 5.43 Å². The summed E-state index contributed by atoms with van der Waals surface area (Å²) < 4.78 is 0.205. The van der Waals surface area contributed by atoms with E-state index >= 15 is 0 Å². The minimum absolute atomic E-state index is 0.0747. The number of hydrogen-bond acceptors (Lipinski definition) is 5. The molecule has 28 heavy (non-hydrogen) atoms. The molecule has 0 radical (unpaired) electrons. The largest absolute Gasteiger partial charge is 0.506 e. The Balaban J connectivity index is 1.53. The summed E-state index contributed by atoms with van der Waals surface area (Å²) in [5.41, 5.74) is 2.71. The topological polar surface area (TPSA) is 105 Å². The molecule has 0 heterocycles. The number of phenols is 1. The smallest absolute Gasteiger partial charge is 0.271 e. The van der Waals surface area contributed by atoms with Gasteiger partial charge >= 0.3 is 0 Å². The molecular formula is C20H24BrN3O4. The van der Waals surface area contributed by atoms with Crippen molar-refractivity contribution in [2.75, 3.05) is 0 Å². The first-order chi connectivity index (χ1) is 13.0. The van der Waals surface area contributed by atoms with Crippen molar-refractivity contribution >= 4 is 33.7 Å². The lowest BCUT2D eigenvalue weighted by atomic mass is 9.40. The van der Waals surface area contributed by atoms with E-state index in [1.54, 1.807) is 0 Å². The van der Waals surface area contributed by atoms with Crippen LogP contribution in [0.25, 0.3) is 0 Å².